The molecule has 0 N–H and O–H groups in total. The fourth-order valence-corrected chi connectivity index (χ4v) is 2.56. The molecular formula is C13H13ClN2O. The van der Waals surface area contributed by atoms with Gasteiger partial charge in [0.05, 0.1) is 10.9 Å². The second-order valence-corrected chi connectivity index (χ2v) is 4.89. The minimum atomic E-state index is 0.0727. The monoisotopic (exact) mass is 248 g/mol. The highest BCUT2D eigenvalue weighted by atomic mass is 35.5. The van der Waals surface area contributed by atoms with Crippen LogP contribution < -0.4 is 5.56 Å². The van der Waals surface area contributed by atoms with Crippen molar-refractivity contribution in [3.05, 3.63) is 39.4 Å². The molecule has 4 heteroatoms. The molecule has 88 valence electrons. The Morgan fingerprint density at radius 1 is 1.24 bits per heavy atom. The summed E-state index contributed by atoms with van der Waals surface area (Å²) in [5.74, 6) is 0.905. The van der Waals surface area contributed by atoms with E-state index >= 15 is 0 Å². The first-order valence-corrected chi connectivity index (χ1v) is 6.32. The van der Waals surface area contributed by atoms with Crippen molar-refractivity contribution in [2.75, 3.05) is 0 Å². The first-order valence-electron chi connectivity index (χ1n) is 5.95. The predicted octanol–water partition coefficient (Wildman–Crippen LogP) is 2.78. The maximum atomic E-state index is 12.3. The minimum absolute atomic E-state index is 0.0727. The molecule has 0 fully saturated rings. The molecule has 1 aromatic heterocycles. The number of nitrogens with zero attached hydrogens (tertiary/aromatic N) is 2. The Morgan fingerprint density at radius 2 is 2.12 bits per heavy atom. The molecule has 0 saturated heterocycles. The van der Waals surface area contributed by atoms with Crippen molar-refractivity contribution >= 4 is 22.5 Å². The van der Waals surface area contributed by atoms with Gasteiger partial charge in [-0.05, 0) is 31.0 Å². The molecule has 3 rings (SSSR count). The van der Waals surface area contributed by atoms with Crippen molar-refractivity contribution in [2.45, 2.75) is 32.2 Å². The molecule has 0 unspecified atom stereocenters. The minimum Gasteiger partial charge on any atom is -0.296 e. The molecule has 0 aliphatic carbocycles. The third-order valence-corrected chi connectivity index (χ3v) is 3.51. The van der Waals surface area contributed by atoms with Crippen LogP contribution in [0.3, 0.4) is 0 Å². The second kappa shape index (κ2) is 4.15. The highest BCUT2D eigenvalue weighted by Crippen LogP contribution is 2.18. The van der Waals surface area contributed by atoms with E-state index in [1.165, 1.54) is 6.42 Å². The molecule has 0 radical (unpaired) electrons. The lowest BCUT2D eigenvalue weighted by Gasteiger charge is -2.09. The van der Waals surface area contributed by atoms with Crippen molar-refractivity contribution in [3.63, 3.8) is 0 Å². The summed E-state index contributed by atoms with van der Waals surface area (Å²) in [6, 6.07) is 5.28. The smallest absolute Gasteiger partial charge is 0.261 e. The largest absolute Gasteiger partial charge is 0.296 e. The fourth-order valence-electron chi connectivity index (χ4n) is 2.39. The number of hydrogen-bond donors (Lipinski definition) is 0. The van der Waals surface area contributed by atoms with Gasteiger partial charge in [-0.2, -0.15) is 0 Å². The van der Waals surface area contributed by atoms with Gasteiger partial charge in [-0.3, -0.25) is 9.36 Å². The zero-order chi connectivity index (χ0) is 11.8. The van der Waals surface area contributed by atoms with Crippen LogP contribution >= 0.6 is 11.6 Å². The first-order chi connectivity index (χ1) is 8.25. The number of benzene rings is 1. The summed E-state index contributed by atoms with van der Waals surface area (Å²) < 4.78 is 1.82. The van der Waals surface area contributed by atoms with Gasteiger partial charge < -0.3 is 0 Å². The van der Waals surface area contributed by atoms with Gasteiger partial charge in [0.15, 0.2) is 0 Å². The number of rotatable bonds is 0. The summed E-state index contributed by atoms with van der Waals surface area (Å²) in [5.41, 5.74) is 0.791. The molecule has 0 amide bonds. The molecule has 1 aromatic carbocycles. The molecule has 2 aromatic rings. The van der Waals surface area contributed by atoms with E-state index in [4.69, 9.17) is 11.6 Å². The number of aromatic nitrogens is 2. The standard InChI is InChI=1S/C13H13ClN2O/c14-9-5-6-10-11(8-9)15-12-4-2-1-3-7-16(12)13(10)17/h5-6,8H,1-4,7H2. The Kier molecular flexibility index (Phi) is 2.63. The fraction of sp³-hybridized carbons (Fsp3) is 0.385. The lowest BCUT2D eigenvalue weighted by Crippen LogP contribution is -2.24. The maximum absolute atomic E-state index is 12.3. The van der Waals surface area contributed by atoms with Crippen LogP contribution in [0.15, 0.2) is 23.0 Å². The van der Waals surface area contributed by atoms with E-state index in [0.717, 1.165) is 37.1 Å². The van der Waals surface area contributed by atoms with E-state index < -0.39 is 0 Å². The summed E-state index contributed by atoms with van der Waals surface area (Å²) in [5, 5.41) is 1.29. The Bertz CT molecular complexity index is 633. The number of fused-ring (bicyclic) bond motifs is 2. The highest BCUT2D eigenvalue weighted by Gasteiger charge is 2.13. The van der Waals surface area contributed by atoms with Crippen LogP contribution in [0, 0.1) is 0 Å². The number of aryl methyl sites for hydroxylation is 1. The quantitative estimate of drug-likeness (QED) is 0.719. The van der Waals surface area contributed by atoms with Gasteiger partial charge in [0.2, 0.25) is 0 Å². The zero-order valence-corrected chi connectivity index (χ0v) is 10.2. The normalized spacial score (nSPS) is 15.6. The molecule has 0 saturated carbocycles. The number of hydrogen-bond acceptors (Lipinski definition) is 2. The topological polar surface area (TPSA) is 34.9 Å². The van der Waals surface area contributed by atoms with Crippen LogP contribution in [-0.2, 0) is 13.0 Å². The zero-order valence-electron chi connectivity index (χ0n) is 9.45. The van der Waals surface area contributed by atoms with Crippen LogP contribution in [0.4, 0.5) is 0 Å². The van der Waals surface area contributed by atoms with Crippen LogP contribution in [-0.4, -0.2) is 9.55 Å². The Morgan fingerprint density at radius 3 is 3.00 bits per heavy atom. The van der Waals surface area contributed by atoms with Gasteiger partial charge in [0.1, 0.15) is 5.82 Å². The summed E-state index contributed by atoms with van der Waals surface area (Å²) in [6.45, 7) is 0.791. The van der Waals surface area contributed by atoms with Crippen molar-refractivity contribution in [3.8, 4) is 0 Å². The van der Waals surface area contributed by atoms with Gasteiger partial charge >= 0.3 is 0 Å². The Labute approximate surface area is 104 Å². The first kappa shape index (κ1) is 10.8. The third-order valence-electron chi connectivity index (χ3n) is 3.28. The van der Waals surface area contributed by atoms with Crippen LogP contribution in [0.1, 0.15) is 25.1 Å². The van der Waals surface area contributed by atoms with Crippen molar-refractivity contribution in [1.29, 1.82) is 0 Å². The van der Waals surface area contributed by atoms with Crippen molar-refractivity contribution < 1.29 is 0 Å². The lowest BCUT2D eigenvalue weighted by molar-refractivity contribution is 0.614. The van der Waals surface area contributed by atoms with Gasteiger partial charge in [-0.1, -0.05) is 18.0 Å². The molecule has 0 atom stereocenters. The summed E-state index contributed by atoms with van der Waals surface area (Å²) in [4.78, 5) is 16.9. The van der Waals surface area contributed by atoms with E-state index in [2.05, 4.69) is 4.98 Å². The van der Waals surface area contributed by atoms with Crippen molar-refractivity contribution in [1.82, 2.24) is 9.55 Å². The highest BCUT2D eigenvalue weighted by molar-refractivity contribution is 6.31. The van der Waals surface area contributed by atoms with E-state index in [1.54, 1.807) is 18.2 Å². The average molecular weight is 249 g/mol. The van der Waals surface area contributed by atoms with Crippen LogP contribution in [0.25, 0.3) is 10.9 Å². The van der Waals surface area contributed by atoms with E-state index in [0.29, 0.717) is 10.4 Å². The molecule has 3 nitrogen and oxygen atoms in total. The molecule has 1 aliphatic rings. The average Bonchev–Trinajstić information content (AvgIpc) is 2.54. The number of halogens is 1. The van der Waals surface area contributed by atoms with Gasteiger partial charge in [0, 0.05) is 18.0 Å². The second-order valence-electron chi connectivity index (χ2n) is 4.46. The molecular weight excluding hydrogens is 236 g/mol. The third kappa shape index (κ3) is 1.84. The summed E-state index contributed by atoms with van der Waals surface area (Å²) >= 11 is 5.94. The molecule has 0 spiro atoms. The van der Waals surface area contributed by atoms with Crippen LogP contribution in [0.5, 0.6) is 0 Å². The molecule has 1 aliphatic heterocycles. The van der Waals surface area contributed by atoms with Crippen LogP contribution in [0.2, 0.25) is 5.02 Å². The summed E-state index contributed by atoms with van der Waals surface area (Å²) in [6.07, 6.45) is 4.23. The Balaban J connectivity index is 2.33. The van der Waals surface area contributed by atoms with Crippen molar-refractivity contribution in [2.24, 2.45) is 0 Å². The maximum Gasteiger partial charge on any atom is 0.261 e. The predicted molar refractivity (Wildman–Crippen MR) is 68.6 cm³/mol. The molecule has 17 heavy (non-hydrogen) atoms. The molecule has 2 heterocycles. The van der Waals surface area contributed by atoms with E-state index in [1.807, 2.05) is 4.57 Å². The Hall–Kier alpha value is -1.35. The SMILES string of the molecule is O=c1c2ccc(Cl)cc2nc2n1CCCCC2. The molecule has 0 bridgehead atoms. The van der Waals surface area contributed by atoms with Gasteiger partial charge in [0.25, 0.3) is 5.56 Å². The van der Waals surface area contributed by atoms with Gasteiger partial charge in [-0.25, -0.2) is 4.98 Å². The van der Waals surface area contributed by atoms with E-state index in [-0.39, 0.29) is 5.56 Å². The van der Waals surface area contributed by atoms with Gasteiger partial charge in [-0.15, -0.1) is 0 Å². The van der Waals surface area contributed by atoms with E-state index in [9.17, 15) is 4.79 Å². The summed E-state index contributed by atoms with van der Waals surface area (Å²) in [7, 11) is 0. The lowest BCUT2D eigenvalue weighted by atomic mass is 10.2.